The summed E-state index contributed by atoms with van der Waals surface area (Å²) < 4.78 is 11.9. The van der Waals surface area contributed by atoms with Gasteiger partial charge in [0.1, 0.15) is 0 Å². The van der Waals surface area contributed by atoms with E-state index in [-0.39, 0.29) is 0 Å². The second-order valence-electron chi connectivity index (χ2n) is 5.35. The standard InChI is InChI=1S/C16H22N2OS/c1-2-20(19)16-8-4-7-15(10-16)18-12-14-6-3-5-13(9-14)11-17/h3,5-6,9,15-16,18H,2,4,7-8,10,12H2,1H3/t15-,16+,20+/m0/s1. The largest absolute Gasteiger partial charge is 0.310 e. The lowest BCUT2D eigenvalue weighted by atomic mass is 9.95. The van der Waals surface area contributed by atoms with E-state index in [9.17, 15) is 4.21 Å². The van der Waals surface area contributed by atoms with Crippen LogP contribution in [0.4, 0.5) is 0 Å². The highest BCUT2D eigenvalue weighted by Gasteiger charge is 2.24. The Morgan fingerprint density at radius 2 is 2.30 bits per heavy atom. The molecule has 108 valence electrons. The zero-order valence-corrected chi connectivity index (χ0v) is 12.8. The van der Waals surface area contributed by atoms with Crippen LogP contribution in [0.5, 0.6) is 0 Å². The zero-order valence-electron chi connectivity index (χ0n) is 12.0. The van der Waals surface area contributed by atoms with Crippen LogP contribution < -0.4 is 5.32 Å². The summed E-state index contributed by atoms with van der Waals surface area (Å²) in [6.45, 7) is 2.78. The molecule has 0 saturated heterocycles. The first-order chi connectivity index (χ1) is 9.72. The van der Waals surface area contributed by atoms with Gasteiger partial charge < -0.3 is 5.32 Å². The SMILES string of the molecule is CC[S@@](=O)[C@@H]1CCC[C@H](NCc2cccc(C#N)c2)C1. The molecule has 0 radical (unpaired) electrons. The molecule has 1 N–H and O–H groups in total. The number of nitrogens with zero attached hydrogens (tertiary/aromatic N) is 1. The van der Waals surface area contributed by atoms with E-state index in [1.165, 1.54) is 0 Å². The molecule has 1 aromatic carbocycles. The molecule has 1 aliphatic carbocycles. The number of hydrogen-bond acceptors (Lipinski definition) is 3. The third kappa shape index (κ3) is 4.16. The van der Waals surface area contributed by atoms with Gasteiger partial charge in [0.05, 0.1) is 11.6 Å². The topological polar surface area (TPSA) is 52.9 Å². The number of nitriles is 1. The van der Waals surface area contributed by atoms with Crippen LogP contribution in [0.25, 0.3) is 0 Å². The molecule has 0 amide bonds. The zero-order chi connectivity index (χ0) is 14.4. The van der Waals surface area contributed by atoms with Crippen molar-refractivity contribution in [3.8, 4) is 6.07 Å². The maximum Gasteiger partial charge on any atom is 0.0991 e. The molecule has 4 heteroatoms. The molecule has 0 bridgehead atoms. The highest BCUT2D eigenvalue weighted by atomic mass is 32.2. The van der Waals surface area contributed by atoms with E-state index in [0.29, 0.717) is 16.9 Å². The highest BCUT2D eigenvalue weighted by molar-refractivity contribution is 7.85. The van der Waals surface area contributed by atoms with Crippen LogP contribution in [0.3, 0.4) is 0 Å². The van der Waals surface area contributed by atoms with Crippen LogP contribution >= 0.6 is 0 Å². The number of rotatable bonds is 5. The molecule has 3 nitrogen and oxygen atoms in total. The van der Waals surface area contributed by atoms with Gasteiger partial charge in [0, 0.05) is 34.4 Å². The molecular weight excluding hydrogens is 268 g/mol. The van der Waals surface area contributed by atoms with Crippen molar-refractivity contribution in [2.45, 2.75) is 50.4 Å². The van der Waals surface area contributed by atoms with Gasteiger partial charge in [-0.3, -0.25) is 4.21 Å². The smallest absolute Gasteiger partial charge is 0.0991 e. The van der Waals surface area contributed by atoms with Crippen molar-refractivity contribution in [1.29, 1.82) is 5.26 Å². The fourth-order valence-electron chi connectivity index (χ4n) is 2.82. The van der Waals surface area contributed by atoms with Gasteiger partial charge in [-0.05, 0) is 37.0 Å². The van der Waals surface area contributed by atoms with Crippen LogP contribution in [0.1, 0.15) is 43.7 Å². The molecule has 0 aromatic heterocycles. The van der Waals surface area contributed by atoms with Crippen molar-refractivity contribution in [3.63, 3.8) is 0 Å². The molecular formula is C16H22N2OS. The normalized spacial score (nSPS) is 24.0. The van der Waals surface area contributed by atoms with Gasteiger partial charge in [0.2, 0.25) is 0 Å². The molecule has 1 aliphatic rings. The lowest BCUT2D eigenvalue weighted by molar-refractivity contribution is 0.376. The lowest BCUT2D eigenvalue weighted by Gasteiger charge is -2.29. The Morgan fingerprint density at radius 3 is 3.05 bits per heavy atom. The first-order valence-corrected chi connectivity index (χ1v) is 8.70. The van der Waals surface area contributed by atoms with Gasteiger partial charge in [-0.25, -0.2) is 0 Å². The molecule has 1 aromatic rings. The highest BCUT2D eigenvalue weighted by Crippen LogP contribution is 2.23. The average Bonchev–Trinajstić information content (AvgIpc) is 2.52. The van der Waals surface area contributed by atoms with E-state index in [4.69, 9.17) is 5.26 Å². The summed E-state index contributed by atoms with van der Waals surface area (Å²) in [5.41, 5.74) is 1.85. The Morgan fingerprint density at radius 1 is 1.45 bits per heavy atom. The van der Waals surface area contributed by atoms with Crippen LogP contribution in [-0.2, 0) is 17.3 Å². The van der Waals surface area contributed by atoms with E-state index in [2.05, 4.69) is 11.4 Å². The van der Waals surface area contributed by atoms with Crippen LogP contribution in [0.2, 0.25) is 0 Å². The van der Waals surface area contributed by atoms with Crippen LogP contribution in [0.15, 0.2) is 24.3 Å². The summed E-state index contributed by atoms with van der Waals surface area (Å²) in [4.78, 5) is 0. The minimum absolute atomic E-state index is 0.358. The van der Waals surface area contributed by atoms with E-state index in [1.54, 1.807) is 0 Å². The summed E-state index contributed by atoms with van der Waals surface area (Å²) >= 11 is 0. The predicted octanol–water partition coefficient (Wildman–Crippen LogP) is 2.73. The Kier molecular flexibility index (Phi) is 5.75. The molecule has 0 unspecified atom stereocenters. The molecule has 0 aliphatic heterocycles. The summed E-state index contributed by atoms with van der Waals surface area (Å²) in [5, 5.41) is 12.8. The molecule has 1 fully saturated rings. The van der Waals surface area contributed by atoms with Crippen LogP contribution in [-0.4, -0.2) is 21.3 Å². The average molecular weight is 290 g/mol. The van der Waals surface area contributed by atoms with Gasteiger partial charge in [-0.2, -0.15) is 5.26 Å². The quantitative estimate of drug-likeness (QED) is 0.907. The van der Waals surface area contributed by atoms with Crippen molar-refractivity contribution in [1.82, 2.24) is 5.32 Å². The Labute approximate surface area is 123 Å². The Bertz CT molecular complexity index is 509. The van der Waals surface area contributed by atoms with E-state index in [0.717, 1.165) is 43.5 Å². The van der Waals surface area contributed by atoms with E-state index >= 15 is 0 Å². The predicted molar refractivity (Wildman–Crippen MR) is 82.7 cm³/mol. The number of benzene rings is 1. The lowest BCUT2D eigenvalue weighted by Crippen LogP contribution is -2.37. The first-order valence-electron chi connectivity index (χ1n) is 7.32. The maximum atomic E-state index is 11.9. The first kappa shape index (κ1) is 15.2. The molecule has 0 heterocycles. The van der Waals surface area contributed by atoms with Gasteiger partial charge >= 0.3 is 0 Å². The summed E-state index contributed by atoms with van der Waals surface area (Å²) in [7, 11) is -0.670. The number of hydrogen-bond donors (Lipinski definition) is 1. The van der Waals surface area contributed by atoms with E-state index in [1.807, 2.05) is 31.2 Å². The third-order valence-electron chi connectivity index (χ3n) is 3.93. The summed E-state index contributed by atoms with van der Waals surface area (Å²) in [6, 6.07) is 10.3. The van der Waals surface area contributed by atoms with Crippen molar-refractivity contribution < 1.29 is 4.21 Å². The fraction of sp³-hybridized carbons (Fsp3) is 0.562. The van der Waals surface area contributed by atoms with E-state index < -0.39 is 10.8 Å². The maximum absolute atomic E-state index is 11.9. The van der Waals surface area contributed by atoms with Gasteiger partial charge in [0.25, 0.3) is 0 Å². The Balaban J connectivity index is 1.87. The Hall–Kier alpha value is -1.18. The second-order valence-corrected chi connectivity index (χ2v) is 7.35. The van der Waals surface area contributed by atoms with Crippen molar-refractivity contribution in [2.75, 3.05) is 5.75 Å². The summed E-state index contributed by atoms with van der Waals surface area (Å²) in [5.74, 6) is 0.765. The van der Waals surface area contributed by atoms with Crippen LogP contribution in [0, 0.1) is 11.3 Å². The minimum Gasteiger partial charge on any atom is -0.310 e. The minimum atomic E-state index is -0.670. The second kappa shape index (κ2) is 7.56. The molecule has 2 rings (SSSR count). The molecule has 20 heavy (non-hydrogen) atoms. The molecule has 3 atom stereocenters. The molecule has 1 saturated carbocycles. The molecule has 0 spiro atoms. The van der Waals surface area contributed by atoms with Crippen molar-refractivity contribution >= 4 is 10.8 Å². The summed E-state index contributed by atoms with van der Waals surface area (Å²) in [6.07, 6.45) is 4.43. The number of nitrogens with one attached hydrogen (secondary N) is 1. The van der Waals surface area contributed by atoms with Crippen molar-refractivity contribution in [2.24, 2.45) is 0 Å². The third-order valence-corrected chi connectivity index (χ3v) is 5.67. The fourth-order valence-corrected chi connectivity index (χ4v) is 4.17. The van der Waals surface area contributed by atoms with Gasteiger partial charge in [0.15, 0.2) is 0 Å². The monoisotopic (exact) mass is 290 g/mol. The van der Waals surface area contributed by atoms with Gasteiger partial charge in [-0.1, -0.05) is 25.5 Å². The van der Waals surface area contributed by atoms with Crippen molar-refractivity contribution in [3.05, 3.63) is 35.4 Å². The van der Waals surface area contributed by atoms with Gasteiger partial charge in [-0.15, -0.1) is 0 Å².